The molecule has 0 radical (unpaired) electrons. The average Bonchev–Trinajstić information content (AvgIpc) is 2.88. The first kappa shape index (κ1) is 23.0. The number of benzene rings is 3. The number of rotatable bonds is 8. The average molecular weight is 450 g/mol. The van der Waals surface area contributed by atoms with Gasteiger partial charge in [0.05, 0.1) is 23.8 Å². The number of nitrogens with zero attached hydrogens (tertiary/aromatic N) is 1. The highest BCUT2D eigenvalue weighted by molar-refractivity contribution is 6.08. The Labute approximate surface area is 199 Å². The third kappa shape index (κ3) is 4.63. The maximum atomic E-state index is 13.9. The lowest BCUT2D eigenvalue weighted by atomic mass is 9.99. The van der Waals surface area contributed by atoms with Crippen LogP contribution in [0.15, 0.2) is 89.7 Å². The molecule has 1 amide bonds. The molecule has 1 aromatic heterocycles. The Kier molecular flexibility index (Phi) is 7.22. The molecular formula is C29H27N3O2. The number of carbonyl (C=O) groups is 1. The summed E-state index contributed by atoms with van der Waals surface area (Å²) in [6.45, 7) is 2.62. The number of amides is 1. The maximum absolute atomic E-state index is 13.9. The van der Waals surface area contributed by atoms with Crippen molar-refractivity contribution in [2.75, 3.05) is 6.54 Å². The Bertz CT molecular complexity index is 1390. The van der Waals surface area contributed by atoms with Crippen LogP contribution in [0.25, 0.3) is 16.5 Å². The smallest absolute Gasteiger partial charge is 0.263 e. The van der Waals surface area contributed by atoms with Gasteiger partial charge in [-0.1, -0.05) is 79.6 Å². The maximum Gasteiger partial charge on any atom is 0.263 e. The number of fused-ring (bicyclic) bond motifs is 1. The lowest BCUT2D eigenvalue weighted by Crippen LogP contribution is -2.34. The number of carbonyl (C=O) groups excluding carboxylic acids is 1. The normalized spacial score (nSPS) is 11.6. The topological polar surface area (TPSA) is 63.1 Å². The highest BCUT2D eigenvalue weighted by atomic mass is 16.2. The van der Waals surface area contributed by atoms with Crippen molar-refractivity contribution in [1.82, 2.24) is 15.2 Å². The number of pyridine rings is 1. The second kappa shape index (κ2) is 10.7. The summed E-state index contributed by atoms with van der Waals surface area (Å²) < 4.78 is 1.62. The molecule has 0 aliphatic heterocycles. The molecule has 2 N–H and O–H groups in total. The van der Waals surface area contributed by atoms with E-state index in [4.69, 9.17) is 6.42 Å². The Morgan fingerprint density at radius 2 is 1.56 bits per heavy atom. The molecule has 0 bridgehead atoms. The number of aromatic nitrogens is 1. The van der Waals surface area contributed by atoms with E-state index in [9.17, 15) is 9.59 Å². The molecule has 0 aliphatic carbocycles. The summed E-state index contributed by atoms with van der Waals surface area (Å²) in [7, 11) is 0. The van der Waals surface area contributed by atoms with Crippen molar-refractivity contribution in [2.45, 2.75) is 25.9 Å². The molecule has 0 saturated carbocycles. The largest absolute Gasteiger partial charge is 0.345 e. The lowest BCUT2D eigenvalue weighted by molar-refractivity contribution is 0.0935. The molecule has 0 saturated heterocycles. The monoisotopic (exact) mass is 449 g/mol. The van der Waals surface area contributed by atoms with Gasteiger partial charge in [-0.3, -0.25) is 14.2 Å². The molecule has 0 fully saturated rings. The van der Waals surface area contributed by atoms with Crippen molar-refractivity contribution >= 4 is 16.7 Å². The predicted molar refractivity (Wildman–Crippen MR) is 137 cm³/mol. The van der Waals surface area contributed by atoms with Crippen LogP contribution in [0.4, 0.5) is 0 Å². The predicted octanol–water partition coefficient (Wildman–Crippen LogP) is 4.59. The fraction of sp³-hybridized carbons (Fsp3) is 0.172. The molecule has 0 aliphatic rings. The number of terminal acetylenes is 1. The van der Waals surface area contributed by atoms with E-state index in [0.29, 0.717) is 34.3 Å². The first-order chi connectivity index (χ1) is 16.7. The summed E-state index contributed by atoms with van der Waals surface area (Å²) in [4.78, 5) is 27.5. The Morgan fingerprint density at radius 1 is 0.941 bits per heavy atom. The van der Waals surface area contributed by atoms with Crippen LogP contribution < -0.4 is 16.2 Å². The van der Waals surface area contributed by atoms with Crippen molar-refractivity contribution in [3.05, 3.63) is 112 Å². The number of hydrogen-bond acceptors (Lipinski definition) is 3. The van der Waals surface area contributed by atoms with E-state index in [0.717, 1.165) is 12.0 Å². The second-order valence-corrected chi connectivity index (χ2v) is 8.00. The number of para-hydroxylation sites is 1. The summed E-state index contributed by atoms with van der Waals surface area (Å²) in [5.41, 5.74) is 2.60. The minimum Gasteiger partial charge on any atom is -0.345 e. The van der Waals surface area contributed by atoms with E-state index < -0.39 is 0 Å². The SMILES string of the molecule is C#CCNCc1c(C(=O)N[C@@H](CC)c2ccccc2)c2ccccc2c(=O)n1-c1ccccc1. The zero-order valence-electron chi connectivity index (χ0n) is 19.1. The molecule has 0 spiro atoms. The van der Waals surface area contributed by atoms with Crippen LogP contribution in [0.2, 0.25) is 0 Å². The van der Waals surface area contributed by atoms with Gasteiger partial charge in [0.1, 0.15) is 0 Å². The van der Waals surface area contributed by atoms with Crippen LogP contribution in [0.5, 0.6) is 0 Å². The molecule has 1 heterocycles. The van der Waals surface area contributed by atoms with E-state index in [1.807, 2.05) is 85.8 Å². The van der Waals surface area contributed by atoms with E-state index in [-0.39, 0.29) is 24.1 Å². The van der Waals surface area contributed by atoms with Gasteiger partial charge in [-0.05, 0) is 30.2 Å². The quantitative estimate of drug-likeness (QED) is 0.305. The van der Waals surface area contributed by atoms with Gasteiger partial charge in [-0.15, -0.1) is 6.42 Å². The van der Waals surface area contributed by atoms with Crippen LogP contribution >= 0.6 is 0 Å². The molecule has 1 atom stereocenters. The summed E-state index contributed by atoms with van der Waals surface area (Å²) >= 11 is 0. The fourth-order valence-electron chi connectivity index (χ4n) is 4.26. The summed E-state index contributed by atoms with van der Waals surface area (Å²) in [6, 6.07) is 26.4. The Morgan fingerprint density at radius 3 is 2.21 bits per heavy atom. The van der Waals surface area contributed by atoms with E-state index in [1.54, 1.807) is 10.6 Å². The third-order valence-electron chi connectivity index (χ3n) is 5.86. The minimum atomic E-state index is -0.228. The zero-order valence-corrected chi connectivity index (χ0v) is 19.1. The van der Waals surface area contributed by atoms with Gasteiger partial charge in [0.15, 0.2) is 0 Å². The van der Waals surface area contributed by atoms with E-state index in [2.05, 4.69) is 16.6 Å². The van der Waals surface area contributed by atoms with E-state index >= 15 is 0 Å². The molecule has 5 nitrogen and oxygen atoms in total. The molecular weight excluding hydrogens is 422 g/mol. The van der Waals surface area contributed by atoms with Crippen LogP contribution in [-0.4, -0.2) is 17.0 Å². The lowest BCUT2D eigenvalue weighted by Gasteiger charge is -2.22. The van der Waals surface area contributed by atoms with Crippen molar-refractivity contribution in [2.24, 2.45) is 0 Å². The van der Waals surface area contributed by atoms with Gasteiger partial charge in [-0.2, -0.15) is 0 Å². The van der Waals surface area contributed by atoms with Gasteiger partial charge < -0.3 is 10.6 Å². The van der Waals surface area contributed by atoms with Crippen molar-refractivity contribution in [3.8, 4) is 18.0 Å². The van der Waals surface area contributed by atoms with E-state index in [1.165, 1.54) is 0 Å². The minimum absolute atomic E-state index is 0.156. The molecule has 170 valence electrons. The molecule has 34 heavy (non-hydrogen) atoms. The Balaban J connectivity index is 1.93. The van der Waals surface area contributed by atoms with Crippen LogP contribution in [0.3, 0.4) is 0 Å². The van der Waals surface area contributed by atoms with Crippen molar-refractivity contribution in [1.29, 1.82) is 0 Å². The fourth-order valence-corrected chi connectivity index (χ4v) is 4.26. The molecule has 4 aromatic rings. The van der Waals surface area contributed by atoms with Gasteiger partial charge >= 0.3 is 0 Å². The molecule has 0 unspecified atom stereocenters. The first-order valence-electron chi connectivity index (χ1n) is 11.4. The molecule has 4 rings (SSSR count). The van der Waals surface area contributed by atoms with Gasteiger partial charge in [0.25, 0.3) is 11.5 Å². The summed E-state index contributed by atoms with van der Waals surface area (Å²) in [5.74, 6) is 2.33. The summed E-state index contributed by atoms with van der Waals surface area (Å²) in [5, 5.41) is 7.48. The first-order valence-corrected chi connectivity index (χ1v) is 11.4. The van der Waals surface area contributed by atoms with Gasteiger partial charge in [-0.25, -0.2) is 0 Å². The summed E-state index contributed by atoms with van der Waals surface area (Å²) in [6.07, 6.45) is 6.18. The van der Waals surface area contributed by atoms with Gasteiger partial charge in [0.2, 0.25) is 0 Å². The number of hydrogen-bond donors (Lipinski definition) is 2. The molecule has 5 heteroatoms. The number of nitrogens with one attached hydrogen (secondary N) is 2. The van der Waals surface area contributed by atoms with Crippen molar-refractivity contribution in [3.63, 3.8) is 0 Å². The van der Waals surface area contributed by atoms with Gasteiger partial charge in [0, 0.05) is 23.0 Å². The highest BCUT2D eigenvalue weighted by Gasteiger charge is 2.24. The van der Waals surface area contributed by atoms with Crippen molar-refractivity contribution < 1.29 is 4.79 Å². The van der Waals surface area contributed by atoms with Crippen LogP contribution in [-0.2, 0) is 6.54 Å². The second-order valence-electron chi connectivity index (χ2n) is 8.00. The Hall–Kier alpha value is -4.14. The standard InChI is InChI=1S/C29H27N3O2/c1-3-19-30-20-26-27(28(33)31-25(4-2)21-13-7-5-8-14-21)23-17-11-12-18-24(23)29(34)32(26)22-15-9-6-10-16-22/h1,5-18,25,30H,4,19-20H2,2H3,(H,31,33)/t25-/m0/s1. The highest BCUT2D eigenvalue weighted by Crippen LogP contribution is 2.25. The van der Waals surface area contributed by atoms with Crippen LogP contribution in [0, 0.1) is 12.3 Å². The third-order valence-corrected chi connectivity index (χ3v) is 5.86. The zero-order chi connectivity index (χ0) is 23.9. The van der Waals surface area contributed by atoms with Crippen LogP contribution in [0.1, 0.15) is 41.0 Å². The molecule has 3 aromatic carbocycles.